The Morgan fingerprint density at radius 1 is 1.03 bits per heavy atom. The molecular formula is C25H29NO4. The molecule has 158 valence electrons. The maximum absolute atomic E-state index is 12.5. The van der Waals surface area contributed by atoms with E-state index in [-0.39, 0.29) is 16.7 Å². The van der Waals surface area contributed by atoms with Gasteiger partial charge in [0.25, 0.3) is 11.7 Å². The predicted octanol–water partition coefficient (Wildman–Crippen LogP) is 4.87. The Kier molecular flexibility index (Phi) is 6.30. The van der Waals surface area contributed by atoms with Gasteiger partial charge in [0.2, 0.25) is 0 Å². The van der Waals surface area contributed by atoms with Gasteiger partial charge < -0.3 is 15.2 Å². The number of rotatable bonds is 6. The number of nitrogens with one attached hydrogen (secondary N) is 1. The van der Waals surface area contributed by atoms with E-state index in [1.165, 1.54) is 0 Å². The highest BCUT2D eigenvalue weighted by Crippen LogP contribution is 2.34. The molecule has 0 aliphatic carbocycles. The van der Waals surface area contributed by atoms with E-state index in [1.807, 2.05) is 24.3 Å². The monoisotopic (exact) mass is 407 g/mol. The first-order valence-electron chi connectivity index (χ1n) is 10.3. The van der Waals surface area contributed by atoms with Gasteiger partial charge in [-0.25, -0.2) is 0 Å². The summed E-state index contributed by atoms with van der Waals surface area (Å²) in [6.07, 6.45) is 2.02. The van der Waals surface area contributed by atoms with Crippen LogP contribution < -0.4 is 10.1 Å². The van der Waals surface area contributed by atoms with Crippen LogP contribution in [0.25, 0.3) is 5.76 Å². The van der Waals surface area contributed by atoms with E-state index in [9.17, 15) is 14.7 Å². The Morgan fingerprint density at radius 2 is 1.67 bits per heavy atom. The van der Waals surface area contributed by atoms with Gasteiger partial charge in [0.1, 0.15) is 11.5 Å². The molecule has 0 saturated carbocycles. The third kappa shape index (κ3) is 4.56. The summed E-state index contributed by atoms with van der Waals surface area (Å²) < 4.78 is 5.64. The molecule has 1 amide bonds. The van der Waals surface area contributed by atoms with Crippen molar-refractivity contribution < 1.29 is 19.4 Å². The summed E-state index contributed by atoms with van der Waals surface area (Å²) in [6.45, 7) is 9.09. The lowest BCUT2D eigenvalue weighted by molar-refractivity contribution is -0.133. The number of hydrogen-bond donors (Lipinski definition) is 2. The highest BCUT2D eigenvalue weighted by Gasteiger charge is 2.39. The van der Waals surface area contributed by atoms with Gasteiger partial charge in [-0.05, 0) is 47.2 Å². The smallest absolute Gasteiger partial charge is 0.293 e. The number of aliphatic hydroxyl groups is 1. The van der Waals surface area contributed by atoms with Crippen molar-refractivity contribution in [3.8, 4) is 5.75 Å². The molecule has 0 bridgehead atoms. The molecule has 0 spiro atoms. The molecule has 5 heteroatoms. The summed E-state index contributed by atoms with van der Waals surface area (Å²) in [7, 11) is 0. The topological polar surface area (TPSA) is 75.6 Å². The molecule has 3 rings (SSSR count). The predicted molar refractivity (Wildman–Crippen MR) is 117 cm³/mol. The van der Waals surface area contributed by atoms with Gasteiger partial charge in [0.05, 0.1) is 18.2 Å². The molecule has 1 heterocycles. The van der Waals surface area contributed by atoms with Crippen LogP contribution in [-0.4, -0.2) is 23.4 Å². The molecule has 1 aliphatic rings. The minimum atomic E-state index is -0.708. The van der Waals surface area contributed by atoms with Crippen molar-refractivity contribution in [1.82, 2.24) is 5.32 Å². The van der Waals surface area contributed by atoms with E-state index in [1.54, 1.807) is 24.3 Å². The SMILES string of the molecule is CCCCOc1ccc(C(O)=C2C(=O)C(=O)N[C@H]2c2ccc(C(C)(C)C)cc2)cc1. The quantitative estimate of drug-likeness (QED) is 0.310. The molecular weight excluding hydrogens is 378 g/mol. The molecule has 1 saturated heterocycles. The fourth-order valence-corrected chi connectivity index (χ4v) is 3.39. The number of benzene rings is 2. The summed E-state index contributed by atoms with van der Waals surface area (Å²) >= 11 is 0. The number of hydrogen-bond acceptors (Lipinski definition) is 4. The number of Topliss-reactive ketones (excluding diaryl/α,β-unsaturated/α-hetero) is 1. The average Bonchev–Trinajstić information content (AvgIpc) is 3.02. The van der Waals surface area contributed by atoms with Crippen molar-refractivity contribution in [2.75, 3.05) is 6.61 Å². The first-order valence-corrected chi connectivity index (χ1v) is 10.3. The molecule has 5 nitrogen and oxygen atoms in total. The highest BCUT2D eigenvalue weighted by atomic mass is 16.5. The van der Waals surface area contributed by atoms with E-state index in [2.05, 4.69) is 33.0 Å². The lowest BCUT2D eigenvalue weighted by atomic mass is 9.85. The van der Waals surface area contributed by atoms with Gasteiger partial charge in [0.15, 0.2) is 0 Å². The van der Waals surface area contributed by atoms with Gasteiger partial charge in [-0.2, -0.15) is 0 Å². The molecule has 1 atom stereocenters. The Balaban J connectivity index is 1.91. The van der Waals surface area contributed by atoms with Crippen LogP contribution in [0.4, 0.5) is 0 Å². The lowest BCUT2D eigenvalue weighted by Crippen LogP contribution is -2.21. The molecule has 1 aliphatic heterocycles. The zero-order valence-corrected chi connectivity index (χ0v) is 18.0. The Labute approximate surface area is 177 Å². The second kappa shape index (κ2) is 8.74. The lowest BCUT2D eigenvalue weighted by Gasteiger charge is -2.20. The van der Waals surface area contributed by atoms with Crippen LogP contribution in [-0.2, 0) is 15.0 Å². The maximum Gasteiger partial charge on any atom is 0.293 e. The Morgan fingerprint density at radius 3 is 2.23 bits per heavy atom. The van der Waals surface area contributed by atoms with E-state index in [4.69, 9.17) is 4.74 Å². The van der Waals surface area contributed by atoms with Crippen molar-refractivity contribution in [2.45, 2.75) is 52.0 Å². The third-order valence-corrected chi connectivity index (χ3v) is 5.27. The number of ether oxygens (including phenoxy) is 1. The summed E-state index contributed by atoms with van der Waals surface area (Å²) in [5.41, 5.74) is 2.44. The summed E-state index contributed by atoms with van der Waals surface area (Å²) in [5.74, 6) is -0.906. The van der Waals surface area contributed by atoms with Gasteiger partial charge in [0, 0.05) is 5.56 Å². The molecule has 30 heavy (non-hydrogen) atoms. The number of aliphatic hydroxyl groups excluding tert-OH is 1. The Bertz CT molecular complexity index is 950. The minimum Gasteiger partial charge on any atom is -0.507 e. The highest BCUT2D eigenvalue weighted by molar-refractivity contribution is 6.46. The number of unbranched alkanes of at least 4 members (excludes halogenated alkanes) is 1. The zero-order chi connectivity index (χ0) is 21.9. The molecule has 0 radical (unpaired) electrons. The first-order chi connectivity index (χ1) is 14.2. The van der Waals surface area contributed by atoms with Crippen molar-refractivity contribution in [1.29, 1.82) is 0 Å². The summed E-state index contributed by atoms with van der Waals surface area (Å²) in [6, 6.07) is 14.0. The maximum atomic E-state index is 12.5. The average molecular weight is 408 g/mol. The van der Waals surface area contributed by atoms with Crippen molar-refractivity contribution >= 4 is 17.4 Å². The second-order valence-electron chi connectivity index (χ2n) is 8.60. The van der Waals surface area contributed by atoms with Crippen molar-refractivity contribution in [3.63, 3.8) is 0 Å². The van der Waals surface area contributed by atoms with Crippen LogP contribution in [0, 0.1) is 0 Å². The molecule has 0 unspecified atom stereocenters. The standard InChI is InChI=1S/C25H29NO4/c1-5-6-15-30-19-13-9-17(10-14-19)22(27)20-21(26-24(29)23(20)28)16-7-11-18(12-8-16)25(2,3)4/h7-14,21,27H,5-6,15H2,1-4H3,(H,26,29)/t21-/m0/s1. The van der Waals surface area contributed by atoms with E-state index >= 15 is 0 Å². The van der Waals surface area contributed by atoms with Crippen LogP contribution >= 0.6 is 0 Å². The van der Waals surface area contributed by atoms with Crippen molar-refractivity contribution in [2.24, 2.45) is 0 Å². The van der Waals surface area contributed by atoms with Gasteiger partial charge in [-0.3, -0.25) is 9.59 Å². The van der Waals surface area contributed by atoms with Crippen LogP contribution in [0.1, 0.15) is 63.3 Å². The fraction of sp³-hybridized carbons (Fsp3) is 0.360. The number of amides is 1. The van der Waals surface area contributed by atoms with Crippen LogP contribution in [0.3, 0.4) is 0 Å². The fourth-order valence-electron chi connectivity index (χ4n) is 3.39. The van der Waals surface area contributed by atoms with Gasteiger partial charge in [-0.1, -0.05) is 58.4 Å². The Hall–Kier alpha value is -3.08. The van der Waals surface area contributed by atoms with Crippen molar-refractivity contribution in [3.05, 3.63) is 70.8 Å². The third-order valence-electron chi connectivity index (χ3n) is 5.27. The summed E-state index contributed by atoms with van der Waals surface area (Å²) in [4.78, 5) is 24.6. The minimum absolute atomic E-state index is 0.00493. The number of ketones is 1. The zero-order valence-electron chi connectivity index (χ0n) is 18.0. The summed E-state index contributed by atoms with van der Waals surface area (Å²) in [5, 5.41) is 13.5. The molecule has 1 fully saturated rings. The molecule has 0 aromatic heterocycles. The largest absolute Gasteiger partial charge is 0.507 e. The van der Waals surface area contributed by atoms with E-state index < -0.39 is 17.7 Å². The van der Waals surface area contributed by atoms with Crippen LogP contribution in [0.2, 0.25) is 0 Å². The molecule has 2 aromatic rings. The second-order valence-corrected chi connectivity index (χ2v) is 8.60. The number of carbonyl (C=O) groups is 2. The molecule has 2 aromatic carbocycles. The van der Waals surface area contributed by atoms with E-state index in [0.717, 1.165) is 24.0 Å². The van der Waals surface area contributed by atoms with Crippen LogP contribution in [0.5, 0.6) is 5.75 Å². The normalized spacial score (nSPS) is 18.3. The van der Waals surface area contributed by atoms with Gasteiger partial charge >= 0.3 is 0 Å². The van der Waals surface area contributed by atoms with Gasteiger partial charge in [-0.15, -0.1) is 0 Å². The van der Waals surface area contributed by atoms with Crippen LogP contribution in [0.15, 0.2) is 54.1 Å². The molecule has 2 N–H and O–H groups in total. The first kappa shape index (κ1) is 21.6. The number of carbonyl (C=O) groups excluding carboxylic acids is 2. The van der Waals surface area contributed by atoms with E-state index in [0.29, 0.717) is 17.9 Å².